The van der Waals surface area contributed by atoms with Crippen LogP contribution in [0.5, 0.6) is 0 Å². The molecule has 6 nitrogen and oxygen atoms in total. The molecule has 0 spiro atoms. The maximum Gasteiger partial charge on any atom is 0.223 e. The Bertz CT molecular complexity index is 694. The van der Waals surface area contributed by atoms with Gasteiger partial charge < -0.3 is 9.42 Å². The highest BCUT2D eigenvalue weighted by molar-refractivity contribution is 7.09. The summed E-state index contributed by atoms with van der Waals surface area (Å²) in [7, 11) is 1.93. The fourth-order valence-electron chi connectivity index (χ4n) is 1.76. The van der Waals surface area contributed by atoms with E-state index in [0.29, 0.717) is 18.3 Å². The normalized spacial score (nSPS) is 10.7. The quantitative estimate of drug-likeness (QED) is 0.734. The molecule has 2 aromatic heterocycles. The Kier molecular flexibility index (Phi) is 3.42. The first kappa shape index (κ1) is 12.7. The van der Waals surface area contributed by atoms with Gasteiger partial charge >= 0.3 is 0 Å². The summed E-state index contributed by atoms with van der Waals surface area (Å²) in [6.07, 6.45) is 0. The molecule has 7 heteroatoms. The van der Waals surface area contributed by atoms with E-state index in [-0.39, 0.29) is 0 Å². The number of aryl methyl sites for hydroxylation is 1. The van der Waals surface area contributed by atoms with Gasteiger partial charge in [0.05, 0.1) is 6.54 Å². The Labute approximate surface area is 120 Å². The lowest BCUT2D eigenvalue weighted by molar-refractivity contribution is 0.387. The van der Waals surface area contributed by atoms with Crippen LogP contribution in [0, 0.1) is 6.92 Å². The van der Waals surface area contributed by atoms with Gasteiger partial charge in [-0.1, -0.05) is 35.5 Å². The second-order valence-corrected chi connectivity index (χ2v) is 5.08. The van der Waals surface area contributed by atoms with Gasteiger partial charge in [0, 0.05) is 31.1 Å². The van der Waals surface area contributed by atoms with Crippen LogP contribution in [0.15, 0.2) is 34.9 Å². The van der Waals surface area contributed by atoms with Gasteiger partial charge in [-0.05, 0) is 0 Å². The molecule has 0 fully saturated rings. The van der Waals surface area contributed by atoms with Crippen molar-refractivity contribution in [3.05, 3.63) is 42.0 Å². The van der Waals surface area contributed by atoms with E-state index < -0.39 is 0 Å². The molecule has 0 unspecified atom stereocenters. The smallest absolute Gasteiger partial charge is 0.223 e. The third-order valence-electron chi connectivity index (χ3n) is 2.72. The van der Waals surface area contributed by atoms with Gasteiger partial charge in [-0.15, -0.1) is 0 Å². The molecule has 0 aliphatic heterocycles. The Morgan fingerprint density at radius 1 is 1.20 bits per heavy atom. The maximum atomic E-state index is 4.96. The molecule has 0 saturated heterocycles. The van der Waals surface area contributed by atoms with E-state index in [1.807, 2.05) is 42.3 Å². The van der Waals surface area contributed by atoms with Crippen LogP contribution in [0.3, 0.4) is 0 Å². The van der Waals surface area contributed by atoms with Crippen LogP contribution in [0.2, 0.25) is 0 Å². The number of hydrogen-bond donors (Lipinski definition) is 0. The molecular weight excluding hydrogens is 274 g/mol. The lowest BCUT2D eigenvalue weighted by Gasteiger charge is -2.11. The van der Waals surface area contributed by atoms with Gasteiger partial charge in [0.1, 0.15) is 0 Å². The zero-order chi connectivity index (χ0) is 13.9. The fraction of sp³-hybridized carbons (Fsp3) is 0.231. The van der Waals surface area contributed by atoms with Crippen molar-refractivity contribution in [2.24, 2.45) is 0 Å². The summed E-state index contributed by atoms with van der Waals surface area (Å²) >= 11 is 1.36. The lowest BCUT2D eigenvalue weighted by atomic mass is 10.2. The molecule has 0 amide bonds. The second kappa shape index (κ2) is 5.38. The van der Waals surface area contributed by atoms with Crippen LogP contribution in [-0.4, -0.2) is 26.5 Å². The molecule has 1 aromatic carbocycles. The minimum absolute atomic E-state index is 0.542. The van der Waals surface area contributed by atoms with Crippen LogP contribution in [0.4, 0.5) is 5.13 Å². The standard InChI is InChI=1S/C13H13N5OS/c1-9-14-11(16-19-9)8-18(2)13-15-12(17-20-13)10-6-4-3-5-7-10/h3-7H,8H2,1-2H3. The van der Waals surface area contributed by atoms with Crippen molar-refractivity contribution in [2.45, 2.75) is 13.5 Å². The summed E-state index contributed by atoms with van der Waals surface area (Å²) in [5.41, 5.74) is 1.01. The number of aromatic nitrogens is 4. The highest BCUT2D eigenvalue weighted by atomic mass is 32.1. The molecule has 0 aliphatic carbocycles. The van der Waals surface area contributed by atoms with Crippen molar-refractivity contribution in [1.29, 1.82) is 0 Å². The molecule has 0 atom stereocenters. The summed E-state index contributed by atoms with van der Waals surface area (Å²) < 4.78 is 9.33. The van der Waals surface area contributed by atoms with Gasteiger partial charge in [-0.25, -0.2) is 0 Å². The average molecular weight is 287 g/mol. The zero-order valence-electron chi connectivity index (χ0n) is 11.1. The first-order valence-electron chi connectivity index (χ1n) is 6.12. The molecular formula is C13H13N5OS. The maximum absolute atomic E-state index is 4.96. The topological polar surface area (TPSA) is 67.9 Å². The van der Waals surface area contributed by atoms with E-state index >= 15 is 0 Å². The highest BCUT2D eigenvalue weighted by Crippen LogP contribution is 2.23. The fourth-order valence-corrected chi connectivity index (χ4v) is 2.41. The third-order valence-corrected chi connectivity index (χ3v) is 3.55. The molecule has 3 aromatic rings. The summed E-state index contributed by atoms with van der Waals surface area (Å²) in [6.45, 7) is 2.32. The van der Waals surface area contributed by atoms with Crippen LogP contribution in [-0.2, 0) is 6.54 Å². The van der Waals surface area contributed by atoms with E-state index in [4.69, 9.17) is 4.52 Å². The van der Waals surface area contributed by atoms with Gasteiger partial charge in [0.25, 0.3) is 0 Å². The van der Waals surface area contributed by atoms with Crippen molar-refractivity contribution in [3.63, 3.8) is 0 Å². The van der Waals surface area contributed by atoms with Crippen molar-refractivity contribution >= 4 is 16.7 Å². The van der Waals surface area contributed by atoms with Crippen molar-refractivity contribution in [3.8, 4) is 11.4 Å². The Morgan fingerprint density at radius 2 is 2.00 bits per heavy atom. The largest absolute Gasteiger partial charge is 0.342 e. The van der Waals surface area contributed by atoms with Crippen LogP contribution in [0.1, 0.15) is 11.7 Å². The molecule has 0 N–H and O–H groups in total. The number of rotatable bonds is 4. The van der Waals surface area contributed by atoms with Crippen molar-refractivity contribution in [2.75, 3.05) is 11.9 Å². The summed E-state index contributed by atoms with van der Waals surface area (Å²) in [5, 5.41) is 4.70. The number of hydrogen-bond acceptors (Lipinski definition) is 7. The molecule has 0 bridgehead atoms. The first-order chi connectivity index (χ1) is 9.72. The second-order valence-electron chi connectivity index (χ2n) is 4.35. The first-order valence-corrected chi connectivity index (χ1v) is 6.89. The molecule has 0 aliphatic rings. The summed E-state index contributed by atoms with van der Waals surface area (Å²) in [5.74, 6) is 1.94. The van der Waals surface area contributed by atoms with Crippen LogP contribution < -0.4 is 4.90 Å². The van der Waals surface area contributed by atoms with E-state index in [2.05, 4.69) is 19.5 Å². The third kappa shape index (κ3) is 2.67. The highest BCUT2D eigenvalue weighted by Gasteiger charge is 2.12. The average Bonchev–Trinajstić information content (AvgIpc) is 3.09. The molecule has 3 rings (SSSR count). The van der Waals surface area contributed by atoms with Crippen LogP contribution >= 0.6 is 11.5 Å². The summed E-state index contributed by atoms with van der Waals surface area (Å²) in [6, 6.07) is 9.91. The minimum atomic E-state index is 0.542. The molecule has 0 radical (unpaired) electrons. The molecule has 0 saturated carbocycles. The van der Waals surface area contributed by atoms with Gasteiger partial charge in [0.2, 0.25) is 11.0 Å². The van der Waals surface area contributed by atoms with E-state index in [0.717, 1.165) is 16.5 Å². The minimum Gasteiger partial charge on any atom is -0.342 e. The van der Waals surface area contributed by atoms with Crippen molar-refractivity contribution < 1.29 is 4.52 Å². The zero-order valence-corrected chi connectivity index (χ0v) is 12.0. The van der Waals surface area contributed by atoms with Crippen molar-refractivity contribution in [1.82, 2.24) is 19.5 Å². The lowest BCUT2D eigenvalue weighted by Crippen LogP contribution is -2.17. The Hall–Kier alpha value is -2.28. The predicted molar refractivity (Wildman–Crippen MR) is 76.5 cm³/mol. The SMILES string of the molecule is Cc1nc(CN(C)c2nc(-c3ccccc3)ns2)no1. The molecule has 20 heavy (non-hydrogen) atoms. The monoisotopic (exact) mass is 287 g/mol. The summed E-state index contributed by atoms with van der Waals surface area (Å²) in [4.78, 5) is 10.7. The Morgan fingerprint density at radius 3 is 2.70 bits per heavy atom. The van der Waals surface area contributed by atoms with Crippen LogP contribution in [0.25, 0.3) is 11.4 Å². The van der Waals surface area contributed by atoms with E-state index in [1.54, 1.807) is 6.92 Å². The number of benzene rings is 1. The van der Waals surface area contributed by atoms with E-state index in [1.165, 1.54) is 11.5 Å². The predicted octanol–water partition coefficient (Wildman–Crippen LogP) is 2.53. The van der Waals surface area contributed by atoms with Gasteiger partial charge in [-0.3, -0.25) is 0 Å². The number of nitrogens with zero attached hydrogens (tertiary/aromatic N) is 5. The van der Waals surface area contributed by atoms with Gasteiger partial charge in [0.15, 0.2) is 11.6 Å². The number of anilines is 1. The molecule has 102 valence electrons. The van der Waals surface area contributed by atoms with Gasteiger partial charge in [-0.2, -0.15) is 14.3 Å². The molecule has 2 heterocycles. The van der Waals surface area contributed by atoms with E-state index in [9.17, 15) is 0 Å². The Balaban J connectivity index is 1.76.